The van der Waals surface area contributed by atoms with E-state index in [4.69, 9.17) is 28.9 Å². The van der Waals surface area contributed by atoms with Gasteiger partial charge in [0.2, 0.25) is 5.91 Å². The molecule has 1 saturated heterocycles. The first-order valence-electron chi connectivity index (χ1n) is 8.15. The maximum Gasteiger partial charge on any atom is 0.222 e. The lowest BCUT2D eigenvalue weighted by Gasteiger charge is -2.35. The number of hydrogen-bond donors (Lipinski definition) is 1. The largest absolute Gasteiger partial charge is 0.352 e. The topological polar surface area (TPSA) is 62.5 Å². The highest BCUT2D eigenvalue weighted by Crippen LogP contribution is 2.26. The summed E-state index contributed by atoms with van der Waals surface area (Å²) < 4.78 is 0. The quantitative estimate of drug-likeness (QED) is 0.761. The van der Waals surface area contributed by atoms with Crippen LogP contribution in [0.4, 0.5) is 5.82 Å². The Morgan fingerprint density at radius 3 is 2.48 bits per heavy atom. The zero-order valence-corrected chi connectivity index (χ0v) is 14.8. The van der Waals surface area contributed by atoms with E-state index in [0.717, 1.165) is 51.1 Å². The van der Waals surface area contributed by atoms with Crippen molar-refractivity contribution in [2.45, 2.75) is 32.1 Å². The van der Waals surface area contributed by atoms with Gasteiger partial charge in [-0.25, -0.2) is 4.98 Å². The molecule has 7 heteroatoms. The number of nitrogens with two attached hydrogens (primary N) is 1. The summed E-state index contributed by atoms with van der Waals surface area (Å²) >= 11 is 12.1. The van der Waals surface area contributed by atoms with Gasteiger partial charge in [-0.2, -0.15) is 0 Å². The highest BCUT2D eigenvalue weighted by molar-refractivity contribution is 6.36. The number of piperazine rings is 1. The molecule has 1 aromatic rings. The second kappa shape index (κ2) is 9.30. The molecular weight excluding hydrogens is 335 g/mol. The Labute approximate surface area is 147 Å². The van der Waals surface area contributed by atoms with Gasteiger partial charge in [0.05, 0.1) is 10.0 Å². The van der Waals surface area contributed by atoms with E-state index < -0.39 is 0 Å². The van der Waals surface area contributed by atoms with Crippen molar-refractivity contribution in [3.63, 3.8) is 0 Å². The zero-order valence-electron chi connectivity index (χ0n) is 13.3. The Balaban J connectivity index is 1.76. The van der Waals surface area contributed by atoms with Crippen LogP contribution in [0, 0.1) is 0 Å². The van der Waals surface area contributed by atoms with E-state index in [9.17, 15) is 4.79 Å². The normalized spacial score (nSPS) is 15.1. The van der Waals surface area contributed by atoms with Crippen molar-refractivity contribution < 1.29 is 4.79 Å². The minimum atomic E-state index is 0.243. The zero-order chi connectivity index (χ0) is 16.7. The predicted octanol–water partition coefficient (Wildman–Crippen LogP) is 2.95. The van der Waals surface area contributed by atoms with Crippen LogP contribution < -0.4 is 10.6 Å². The van der Waals surface area contributed by atoms with Gasteiger partial charge in [-0.05, 0) is 25.5 Å². The molecule has 1 aromatic heterocycles. The van der Waals surface area contributed by atoms with E-state index in [1.165, 1.54) is 0 Å². The number of rotatable bonds is 7. The lowest BCUT2D eigenvalue weighted by atomic mass is 10.1. The van der Waals surface area contributed by atoms with E-state index >= 15 is 0 Å². The summed E-state index contributed by atoms with van der Waals surface area (Å²) in [5, 5.41) is 1.08. The van der Waals surface area contributed by atoms with Gasteiger partial charge in [0, 0.05) is 38.8 Å². The van der Waals surface area contributed by atoms with Crippen LogP contribution in [0.15, 0.2) is 12.3 Å². The molecule has 0 saturated carbocycles. The Hall–Kier alpha value is -1.04. The van der Waals surface area contributed by atoms with Gasteiger partial charge in [-0.3, -0.25) is 4.79 Å². The molecular formula is C16H24Cl2N4O. The van der Waals surface area contributed by atoms with Gasteiger partial charge in [-0.1, -0.05) is 36.0 Å². The number of anilines is 1. The molecule has 0 aromatic carbocycles. The highest BCUT2D eigenvalue weighted by atomic mass is 35.5. The molecule has 2 heterocycles. The maximum absolute atomic E-state index is 12.2. The molecule has 0 atom stereocenters. The SMILES string of the molecule is NCCCCCCC(=O)N1CCN(c2ncc(Cl)cc2Cl)CC1. The van der Waals surface area contributed by atoms with Crippen molar-refractivity contribution in [1.29, 1.82) is 0 Å². The minimum Gasteiger partial charge on any atom is -0.352 e. The number of hydrogen-bond acceptors (Lipinski definition) is 4. The van der Waals surface area contributed by atoms with Crippen molar-refractivity contribution in [2.24, 2.45) is 5.73 Å². The average molecular weight is 359 g/mol. The summed E-state index contributed by atoms with van der Waals surface area (Å²) in [5.41, 5.74) is 5.47. The fourth-order valence-electron chi connectivity index (χ4n) is 2.74. The number of pyridine rings is 1. The molecule has 128 valence electrons. The predicted molar refractivity (Wildman–Crippen MR) is 95.2 cm³/mol. The molecule has 2 N–H and O–H groups in total. The van der Waals surface area contributed by atoms with Gasteiger partial charge in [-0.15, -0.1) is 0 Å². The molecule has 0 radical (unpaired) electrons. The molecule has 0 bridgehead atoms. The van der Waals surface area contributed by atoms with E-state index in [1.807, 2.05) is 4.90 Å². The molecule has 2 rings (SSSR count). The minimum absolute atomic E-state index is 0.243. The Morgan fingerprint density at radius 1 is 1.13 bits per heavy atom. The van der Waals surface area contributed by atoms with Crippen molar-refractivity contribution in [1.82, 2.24) is 9.88 Å². The molecule has 5 nitrogen and oxygen atoms in total. The summed E-state index contributed by atoms with van der Waals surface area (Å²) in [7, 11) is 0. The third-order valence-electron chi connectivity index (χ3n) is 4.07. The van der Waals surface area contributed by atoms with Gasteiger partial charge in [0.1, 0.15) is 5.82 Å². The fraction of sp³-hybridized carbons (Fsp3) is 0.625. The van der Waals surface area contributed by atoms with Crippen LogP contribution >= 0.6 is 23.2 Å². The van der Waals surface area contributed by atoms with Crippen LogP contribution in [0.25, 0.3) is 0 Å². The fourth-order valence-corrected chi connectivity index (χ4v) is 3.24. The average Bonchev–Trinajstić information content (AvgIpc) is 2.55. The van der Waals surface area contributed by atoms with Crippen LogP contribution in [-0.4, -0.2) is 48.5 Å². The first-order chi connectivity index (χ1) is 11.1. The first kappa shape index (κ1) is 18.3. The summed E-state index contributed by atoms with van der Waals surface area (Å²) in [5.74, 6) is 0.984. The van der Waals surface area contributed by atoms with E-state index in [0.29, 0.717) is 29.6 Å². The van der Waals surface area contributed by atoms with Gasteiger partial charge < -0.3 is 15.5 Å². The smallest absolute Gasteiger partial charge is 0.222 e. The van der Waals surface area contributed by atoms with Gasteiger partial charge in [0.25, 0.3) is 0 Å². The third-order valence-corrected chi connectivity index (χ3v) is 4.55. The van der Waals surface area contributed by atoms with Crippen molar-refractivity contribution in [3.05, 3.63) is 22.3 Å². The second-order valence-electron chi connectivity index (χ2n) is 5.78. The standard InChI is InChI=1S/C16H24Cl2N4O/c17-13-11-14(18)16(20-12-13)22-9-7-21(8-10-22)15(23)5-3-1-2-4-6-19/h11-12H,1-10,19H2. The van der Waals surface area contributed by atoms with Gasteiger partial charge >= 0.3 is 0 Å². The molecule has 1 aliphatic heterocycles. The number of carbonyl (C=O) groups excluding carboxylic acids is 1. The van der Waals surface area contributed by atoms with Crippen molar-refractivity contribution in [2.75, 3.05) is 37.6 Å². The number of carbonyl (C=O) groups is 1. The lowest BCUT2D eigenvalue weighted by molar-refractivity contribution is -0.131. The molecule has 23 heavy (non-hydrogen) atoms. The Kier molecular flexibility index (Phi) is 7.40. The second-order valence-corrected chi connectivity index (χ2v) is 6.62. The molecule has 0 aliphatic carbocycles. The molecule has 0 unspecified atom stereocenters. The third kappa shape index (κ3) is 5.52. The Morgan fingerprint density at radius 2 is 1.83 bits per heavy atom. The number of aromatic nitrogens is 1. The van der Waals surface area contributed by atoms with Crippen LogP contribution in [-0.2, 0) is 4.79 Å². The van der Waals surface area contributed by atoms with E-state index in [2.05, 4.69) is 9.88 Å². The number of amides is 1. The lowest BCUT2D eigenvalue weighted by Crippen LogP contribution is -2.49. The summed E-state index contributed by atoms with van der Waals surface area (Å²) in [4.78, 5) is 20.5. The number of unbranched alkanes of at least 4 members (excludes halogenated alkanes) is 3. The van der Waals surface area contributed by atoms with Crippen LogP contribution in [0.2, 0.25) is 10.0 Å². The van der Waals surface area contributed by atoms with Gasteiger partial charge in [0.15, 0.2) is 0 Å². The summed E-state index contributed by atoms with van der Waals surface area (Å²) in [6.45, 7) is 3.64. The number of nitrogens with zero attached hydrogens (tertiary/aromatic N) is 3. The highest BCUT2D eigenvalue weighted by Gasteiger charge is 2.22. The molecule has 1 aliphatic rings. The van der Waals surface area contributed by atoms with Crippen LogP contribution in [0.1, 0.15) is 32.1 Å². The van der Waals surface area contributed by atoms with E-state index in [-0.39, 0.29) is 5.91 Å². The summed E-state index contributed by atoms with van der Waals surface area (Å²) in [6.07, 6.45) is 6.41. The van der Waals surface area contributed by atoms with Crippen molar-refractivity contribution >= 4 is 34.9 Å². The molecule has 1 fully saturated rings. The Bertz CT molecular complexity index is 519. The first-order valence-corrected chi connectivity index (χ1v) is 8.91. The van der Waals surface area contributed by atoms with Crippen LogP contribution in [0.5, 0.6) is 0 Å². The number of halogens is 2. The van der Waals surface area contributed by atoms with E-state index in [1.54, 1.807) is 12.3 Å². The molecule has 1 amide bonds. The maximum atomic E-state index is 12.2. The summed E-state index contributed by atoms with van der Waals surface area (Å²) in [6, 6.07) is 1.70. The van der Waals surface area contributed by atoms with Crippen LogP contribution in [0.3, 0.4) is 0 Å². The molecule has 0 spiro atoms. The van der Waals surface area contributed by atoms with Crippen molar-refractivity contribution in [3.8, 4) is 0 Å². The monoisotopic (exact) mass is 358 g/mol.